The molecule has 0 bridgehead atoms. The van der Waals surface area contributed by atoms with Crippen LogP contribution in [0.15, 0.2) is 18.2 Å². The highest BCUT2D eigenvalue weighted by Crippen LogP contribution is 2.28. The summed E-state index contributed by atoms with van der Waals surface area (Å²) in [6, 6.07) is 5.04. The molecule has 94 valence electrons. The van der Waals surface area contributed by atoms with Gasteiger partial charge in [-0.1, -0.05) is 17.7 Å². The number of hydrogen-bond acceptors (Lipinski definition) is 3. The zero-order valence-corrected chi connectivity index (χ0v) is 10.3. The Labute approximate surface area is 108 Å². The van der Waals surface area contributed by atoms with Crippen LogP contribution in [0.5, 0.6) is 0 Å². The van der Waals surface area contributed by atoms with E-state index in [2.05, 4.69) is 10.3 Å². The van der Waals surface area contributed by atoms with Gasteiger partial charge in [-0.05, 0) is 25.1 Å². The molecule has 1 saturated heterocycles. The summed E-state index contributed by atoms with van der Waals surface area (Å²) in [7, 11) is 0. The summed E-state index contributed by atoms with van der Waals surface area (Å²) in [6.45, 7) is 1.73. The van der Waals surface area contributed by atoms with Gasteiger partial charge in [0.25, 0.3) is 0 Å². The number of carboxylic acid groups (broad SMARTS) is 1. The monoisotopic (exact) mass is 265 g/mol. The maximum atomic E-state index is 11.3. The normalized spacial score (nSPS) is 19.5. The van der Waals surface area contributed by atoms with Crippen LogP contribution in [0.3, 0.4) is 0 Å². The first-order chi connectivity index (χ1) is 8.68. The summed E-state index contributed by atoms with van der Waals surface area (Å²) < 4.78 is 1.66. The van der Waals surface area contributed by atoms with E-state index in [0.29, 0.717) is 10.7 Å². The first-order valence-electron chi connectivity index (χ1n) is 5.79. The molecule has 0 radical (unpaired) electrons. The SMILES string of the molecule is O=C(O)c1cccc2c(Cl)nc(C3CCNC3)n12. The molecule has 2 aromatic heterocycles. The molecule has 6 heteroatoms. The zero-order valence-electron chi connectivity index (χ0n) is 9.56. The van der Waals surface area contributed by atoms with Crippen molar-refractivity contribution in [2.24, 2.45) is 0 Å². The lowest BCUT2D eigenvalue weighted by molar-refractivity contribution is 0.0688. The van der Waals surface area contributed by atoms with Crippen LogP contribution in [0.2, 0.25) is 5.15 Å². The fourth-order valence-corrected chi connectivity index (χ4v) is 2.67. The molecule has 5 nitrogen and oxygen atoms in total. The molecule has 2 N–H and O–H groups in total. The van der Waals surface area contributed by atoms with Crippen molar-refractivity contribution in [3.05, 3.63) is 34.9 Å². The summed E-state index contributed by atoms with van der Waals surface area (Å²) in [5.74, 6) is -0.0228. The molecule has 1 aliphatic rings. The van der Waals surface area contributed by atoms with Crippen LogP contribution in [0.4, 0.5) is 0 Å². The Hall–Kier alpha value is -1.59. The lowest BCUT2D eigenvalue weighted by Crippen LogP contribution is -2.13. The standard InChI is InChI=1S/C12H12ClN3O2/c13-10-8-2-1-3-9(12(17)18)16(8)11(15-10)7-4-5-14-6-7/h1-3,7,14H,4-6H2,(H,17,18). The van der Waals surface area contributed by atoms with Gasteiger partial charge >= 0.3 is 5.97 Å². The minimum Gasteiger partial charge on any atom is -0.477 e. The minimum absolute atomic E-state index is 0.203. The Morgan fingerprint density at radius 3 is 3.06 bits per heavy atom. The van der Waals surface area contributed by atoms with Crippen molar-refractivity contribution < 1.29 is 9.90 Å². The third-order valence-electron chi connectivity index (χ3n) is 3.29. The predicted octanol–water partition coefficient (Wildman–Crippen LogP) is 1.76. The number of aromatic carboxylic acids is 1. The number of carboxylic acids is 1. The lowest BCUT2D eigenvalue weighted by atomic mass is 10.1. The van der Waals surface area contributed by atoms with Crippen LogP contribution in [0, 0.1) is 0 Å². The summed E-state index contributed by atoms with van der Waals surface area (Å²) in [6.07, 6.45) is 0.948. The van der Waals surface area contributed by atoms with E-state index in [-0.39, 0.29) is 11.6 Å². The summed E-state index contributed by atoms with van der Waals surface area (Å²) in [5, 5.41) is 12.9. The van der Waals surface area contributed by atoms with Crippen LogP contribution < -0.4 is 5.32 Å². The third kappa shape index (κ3) is 1.67. The Bertz CT molecular complexity index is 617. The summed E-state index contributed by atoms with van der Waals surface area (Å²) in [4.78, 5) is 15.6. The van der Waals surface area contributed by atoms with Crippen molar-refractivity contribution in [1.29, 1.82) is 0 Å². The van der Waals surface area contributed by atoms with Gasteiger partial charge < -0.3 is 10.4 Å². The number of aromatic nitrogens is 2. The molecular weight excluding hydrogens is 254 g/mol. The largest absolute Gasteiger partial charge is 0.477 e. The van der Waals surface area contributed by atoms with E-state index in [9.17, 15) is 9.90 Å². The van der Waals surface area contributed by atoms with E-state index in [1.807, 2.05) is 0 Å². The molecule has 3 heterocycles. The Morgan fingerprint density at radius 1 is 1.56 bits per heavy atom. The minimum atomic E-state index is -0.970. The molecule has 1 aliphatic heterocycles. The second-order valence-electron chi connectivity index (χ2n) is 4.39. The van der Waals surface area contributed by atoms with E-state index in [1.165, 1.54) is 0 Å². The van der Waals surface area contributed by atoms with Gasteiger partial charge in [0.1, 0.15) is 11.5 Å². The van der Waals surface area contributed by atoms with Crippen molar-refractivity contribution in [2.75, 3.05) is 13.1 Å². The molecule has 0 aromatic carbocycles. The highest BCUT2D eigenvalue weighted by Gasteiger charge is 2.25. The van der Waals surface area contributed by atoms with Crippen molar-refractivity contribution in [3.8, 4) is 0 Å². The highest BCUT2D eigenvalue weighted by molar-refractivity contribution is 6.32. The van der Waals surface area contributed by atoms with Gasteiger partial charge in [0, 0.05) is 12.5 Å². The number of fused-ring (bicyclic) bond motifs is 1. The average molecular weight is 266 g/mol. The van der Waals surface area contributed by atoms with Crippen molar-refractivity contribution in [2.45, 2.75) is 12.3 Å². The highest BCUT2D eigenvalue weighted by atomic mass is 35.5. The van der Waals surface area contributed by atoms with Crippen LogP contribution in [0.1, 0.15) is 28.7 Å². The predicted molar refractivity (Wildman–Crippen MR) is 67.4 cm³/mol. The number of pyridine rings is 1. The molecule has 0 amide bonds. The smallest absolute Gasteiger partial charge is 0.352 e. The maximum absolute atomic E-state index is 11.3. The first-order valence-corrected chi connectivity index (χ1v) is 6.17. The van der Waals surface area contributed by atoms with Crippen LogP contribution >= 0.6 is 11.6 Å². The number of nitrogens with zero attached hydrogens (tertiary/aromatic N) is 2. The number of rotatable bonds is 2. The van der Waals surface area contributed by atoms with E-state index in [4.69, 9.17) is 11.6 Å². The van der Waals surface area contributed by atoms with Crippen molar-refractivity contribution in [1.82, 2.24) is 14.7 Å². The van der Waals surface area contributed by atoms with Crippen molar-refractivity contribution in [3.63, 3.8) is 0 Å². The second-order valence-corrected chi connectivity index (χ2v) is 4.75. The summed E-state index contributed by atoms with van der Waals surface area (Å²) in [5.41, 5.74) is 0.854. The molecule has 0 saturated carbocycles. The number of imidazole rings is 1. The summed E-state index contributed by atoms with van der Waals surface area (Å²) >= 11 is 6.09. The zero-order chi connectivity index (χ0) is 12.7. The van der Waals surface area contributed by atoms with Gasteiger partial charge in [0.2, 0.25) is 0 Å². The Balaban J connectivity index is 2.27. The van der Waals surface area contributed by atoms with Crippen molar-refractivity contribution >= 4 is 23.1 Å². The fraction of sp³-hybridized carbons (Fsp3) is 0.333. The molecule has 1 fully saturated rings. The van der Waals surface area contributed by atoms with Gasteiger partial charge in [-0.25, -0.2) is 9.78 Å². The lowest BCUT2D eigenvalue weighted by Gasteiger charge is -2.09. The van der Waals surface area contributed by atoms with Gasteiger partial charge in [-0.15, -0.1) is 0 Å². The van der Waals surface area contributed by atoms with Gasteiger partial charge in [0.05, 0.1) is 5.52 Å². The van der Waals surface area contributed by atoms with E-state index in [0.717, 1.165) is 25.3 Å². The molecule has 3 rings (SSSR count). The quantitative estimate of drug-likeness (QED) is 0.868. The van der Waals surface area contributed by atoms with E-state index in [1.54, 1.807) is 22.6 Å². The molecule has 18 heavy (non-hydrogen) atoms. The van der Waals surface area contributed by atoms with E-state index >= 15 is 0 Å². The molecular formula is C12H12ClN3O2. The fourth-order valence-electron chi connectivity index (χ4n) is 2.44. The number of carbonyl (C=O) groups is 1. The number of nitrogens with one attached hydrogen (secondary N) is 1. The maximum Gasteiger partial charge on any atom is 0.352 e. The molecule has 2 aromatic rings. The molecule has 0 spiro atoms. The van der Waals surface area contributed by atoms with Crippen LogP contribution in [-0.2, 0) is 0 Å². The third-order valence-corrected chi connectivity index (χ3v) is 3.57. The average Bonchev–Trinajstić information content (AvgIpc) is 2.97. The number of hydrogen-bond donors (Lipinski definition) is 2. The van der Waals surface area contributed by atoms with Gasteiger partial charge in [0.15, 0.2) is 5.15 Å². The Morgan fingerprint density at radius 2 is 2.39 bits per heavy atom. The van der Waals surface area contributed by atoms with E-state index < -0.39 is 5.97 Å². The molecule has 1 unspecified atom stereocenters. The van der Waals surface area contributed by atoms with Crippen LogP contribution in [-0.4, -0.2) is 33.6 Å². The Kier molecular flexibility index (Phi) is 2.72. The molecule has 1 atom stereocenters. The second kappa shape index (κ2) is 4.26. The number of halogens is 1. The first kappa shape index (κ1) is 11.5. The van der Waals surface area contributed by atoms with Gasteiger partial charge in [-0.2, -0.15) is 0 Å². The molecule has 0 aliphatic carbocycles. The van der Waals surface area contributed by atoms with Gasteiger partial charge in [-0.3, -0.25) is 4.40 Å². The van der Waals surface area contributed by atoms with Crippen LogP contribution in [0.25, 0.3) is 5.52 Å². The topological polar surface area (TPSA) is 66.6 Å².